The lowest BCUT2D eigenvalue weighted by molar-refractivity contribution is -0.271. The molecule has 7 heteroatoms. The molecule has 1 aromatic carbocycles. The van der Waals surface area contributed by atoms with Crippen LogP contribution >= 0.6 is 0 Å². The van der Waals surface area contributed by atoms with Gasteiger partial charge in [-0.25, -0.2) is 0 Å². The van der Waals surface area contributed by atoms with E-state index < -0.39 is 30.5 Å². The number of piperidine rings is 1. The number of phenols is 1. The van der Waals surface area contributed by atoms with Crippen molar-refractivity contribution >= 4 is 5.91 Å². The summed E-state index contributed by atoms with van der Waals surface area (Å²) in [6.07, 6.45) is -5.28. The zero-order valence-electron chi connectivity index (χ0n) is 12.2. The van der Waals surface area contributed by atoms with Gasteiger partial charge in [-0.05, 0) is 18.1 Å². The van der Waals surface area contributed by atoms with Crippen LogP contribution in [0.1, 0.15) is 35.7 Å². The molecule has 0 unspecified atom stereocenters. The summed E-state index contributed by atoms with van der Waals surface area (Å²) in [5.41, 5.74) is -2.05. The molecule has 1 fully saturated rings. The number of phenolic OH excluding ortho intramolecular Hbond substituents is 1. The third-order valence-electron chi connectivity index (χ3n) is 4.14. The molecule has 0 bridgehead atoms. The first-order chi connectivity index (χ1) is 10.2. The molecule has 0 radical (unpaired) electrons. The Morgan fingerprint density at radius 2 is 1.91 bits per heavy atom. The number of alkyl halides is 3. The van der Waals surface area contributed by atoms with E-state index in [1.165, 1.54) is 11.0 Å². The number of hydrogen-bond donors (Lipinski definition) is 2. The second-order valence-electron chi connectivity index (χ2n) is 5.49. The Kier molecular flexibility index (Phi) is 4.37. The van der Waals surface area contributed by atoms with E-state index in [-0.39, 0.29) is 24.4 Å². The lowest BCUT2D eigenvalue weighted by atomic mass is 9.90. The Labute approximate surface area is 126 Å². The van der Waals surface area contributed by atoms with Crippen molar-refractivity contribution in [3.63, 3.8) is 0 Å². The predicted octanol–water partition coefficient (Wildman–Crippen LogP) is 2.48. The van der Waals surface area contributed by atoms with E-state index in [2.05, 4.69) is 0 Å². The van der Waals surface area contributed by atoms with Crippen LogP contribution in [0.25, 0.3) is 0 Å². The smallest absolute Gasteiger partial charge is 0.417 e. The number of aromatic hydroxyl groups is 1. The molecule has 0 atom stereocenters. The first-order valence-electron chi connectivity index (χ1n) is 7.09. The van der Waals surface area contributed by atoms with Crippen molar-refractivity contribution in [3.8, 4) is 5.75 Å². The molecule has 0 aliphatic carbocycles. The molecule has 0 spiro atoms. The number of hydrogen-bond acceptors (Lipinski definition) is 3. The average molecular weight is 317 g/mol. The van der Waals surface area contributed by atoms with E-state index in [0.717, 1.165) is 0 Å². The monoisotopic (exact) mass is 317 g/mol. The summed E-state index contributed by atoms with van der Waals surface area (Å²) < 4.78 is 38.2. The molecule has 1 amide bonds. The number of carbonyl (C=O) groups excluding carboxylic acids is 1. The number of carbonyl (C=O) groups is 1. The maximum absolute atomic E-state index is 12.7. The standard InChI is InChI=1S/C15H18F3NO3/c1-2-10-4-3-5-11(12(10)20)13(21)19-8-6-14(22,7-9-19)15(16,17)18/h3-5,20,22H,2,6-9H2,1H3. The molecule has 22 heavy (non-hydrogen) atoms. The van der Waals surface area contributed by atoms with E-state index in [0.29, 0.717) is 12.0 Å². The summed E-state index contributed by atoms with van der Waals surface area (Å²) in [6.45, 7) is 1.42. The van der Waals surface area contributed by atoms with E-state index in [9.17, 15) is 28.2 Å². The van der Waals surface area contributed by atoms with Crippen molar-refractivity contribution in [2.24, 2.45) is 0 Å². The SMILES string of the molecule is CCc1cccc(C(=O)N2CCC(O)(C(F)(F)F)CC2)c1O. The van der Waals surface area contributed by atoms with Crippen LogP contribution in [0.3, 0.4) is 0 Å². The summed E-state index contributed by atoms with van der Waals surface area (Å²) in [6, 6.07) is 4.76. The number of para-hydroxylation sites is 1. The van der Waals surface area contributed by atoms with E-state index >= 15 is 0 Å². The van der Waals surface area contributed by atoms with Gasteiger partial charge in [0.1, 0.15) is 5.75 Å². The minimum Gasteiger partial charge on any atom is -0.507 e. The van der Waals surface area contributed by atoms with E-state index in [4.69, 9.17) is 0 Å². The number of rotatable bonds is 2. The summed E-state index contributed by atoms with van der Waals surface area (Å²) in [5, 5.41) is 19.6. The number of likely N-dealkylation sites (tertiary alicyclic amines) is 1. The normalized spacial score (nSPS) is 18.3. The van der Waals surface area contributed by atoms with Crippen LogP contribution < -0.4 is 0 Å². The Morgan fingerprint density at radius 1 is 1.32 bits per heavy atom. The molecule has 0 aromatic heterocycles. The topological polar surface area (TPSA) is 60.8 Å². The summed E-state index contributed by atoms with van der Waals surface area (Å²) >= 11 is 0. The number of benzene rings is 1. The van der Waals surface area contributed by atoms with Crippen LogP contribution in [-0.4, -0.2) is 45.9 Å². The van der Waals surface area contributed by atoms with Crippen LogP contribution in [0, 0.1) is 0 Å². The molecule has 1 aromatic rings. The van der Waals surface area contributed by atoms with Gasteiger partial charge in [0.15, 0.2) is 5.60 Å². The number of aryl methyl sites for hydroxylation is 1. The number of halogens is 3. The third-order valence-corrected chi connectivity index (χ3v) is 4.14. The highest BCUT2D eigenvalue weighted by Crippen LogP contribution is 2.38. The lowest BCUT2D eigenvalue weighted by Crippen LogP contribution is -2.54. The molecule has 0 saturated carbocycles. The summed E-state index contributed by atoms with van der Waals surface area (Å²) in [7, 11) is 0. The number of nitrogens with zero attached hydrogens (tertiary/aromatic N) is 1. The van der Waals surface area contributed by atoms with Gasteiger partial charge in [0, 0.05) is 25.9 Å². The van der Waals surface area contributed by atoms with Crippen molar-refractivity contribution in [2.75, 3.05) is 13.1 Å². The average Bonchev–Trinajstić information content (AvgIpc) is 2.46. The summed E-state index contributed by atoms with van der Waals surface area (Å²) in [4.78, 5) is 13.6. The van der Waals surface area contributed by atoms with E-state index in [1.807, 2.05) is 6.92 Å². The number of amides is 1. The molecule has 1 aliphatic rings. The first-order valence-corrected chi connectivity index (χ1v) is 7.09. The second kappa shape index (κ2) is 5.79. The molecule has 4 nitrogen and oxygen atoms in total. The van der Waals surface area contributed by atoms with Crippen molar-refractivity contribution in [3.05, 3.63) is 29.3 Å². The van der Waals surface area contributed by atoms with Gasteiger partial charge in [-0.15, -0.1) is 0 Å². The second-order valence-corrected chi connectivity index (χ2v) is 5.49. The Bertz CT molecular complexity index is 564. The quantitative estimate of drug-likeness (QED) is 0.881. The molecule has 2 rings (SSSR count). The molecule has 1 saturated heterocycles. The van der Waals surface area contributed by atoms with Gasteiger partial charge in [-0.3, -0.25) is 4.79 Å². The van der Waals surface area contributed by atoms with Crippen LogP contribution in [0.2, 0.25) is 0 Å². The maximum atomic E-state index is 12.7. The fourth-order valence-electron chi connectivity index (χ4n) is 2.58. The molecule has 2 N–H and O–H groups in total. The van der Waals surface area contributed by atoms with Gasteiger partial charge in [-0.1, -0.05) is 19.1 Å². The maximum Gasteiger partial charge on any atom is 0.417 e. The Morgan fingerprint density at radius 3 is 2.41 bits per heavy atom. The Balaban J connectivity index is 2.14. The highest BCUT2D eigenvalue weighted by Gasteiger charge is 2.54. The predicted molar refractivity (Wildman–Crippen MR) is 73.6 cm³/mol. The first kappa shape index (κ1) is 16.6. The lowest BCUT2D eigenvalue weighted by Gasteiger charge is -2.39. The molecule has 1 aliphatic heterocycles. The van der Waals surface area contributed by atoms with Crippen LogP contribution in [0.15, 0.2) is 18.2 Å². The van der Waals surface area contributed by atoms with Crippen LogP contribution in [0.5, 0.6) is 5.75 Å². The molecule has 1 heterocycles. The van der Waals surface area contributed by atoms with Crippen molar-refractivity contribution in [2.45, 2.75) is 38.0 Å². The minimum absolute atomic E-state index is 0.0804. The fraction of sp³-hybridized carbons (Fsp3) is 0.533. The van der Waals surface area contributed by atoms with Gasteiger partial charge in [0.05, 0.1) is 5.56 Å². The minimum atomic E-state index is -4.70. The highest BCUT2D eigenvalue weighted by molar-refractivity contribution is 5.97. The summed E-state index contributed by atoms with van der Waals surface area (Å²) in [5.74, 6) is -0.649. The number of aliphatic hydroxyl groups is 1. The molecule has 122 valence electrons. The Hall–Kier alpha value is -1.76. The zero-order chi connectivity index (χ0) is 16.5. The van der Waals surface area contributed by atoms with Gasteiger partial charge >= 0.3 is 6.18 Å². The van der Waals surface area contributed by atoms with Gasteiger partial charge in [0.25, 0.3) is 5.91 Å². The van der Waals surface area contributed by atoms with Crippen LogP contribution in [-0.2, 0) is 6.42 Å². The van der Waals surface area contributed by atoms with E-state index in [1.54, 1.807) is 12.1 Å². The van der Waals surface area contributed by atoms with Gasteiger partial charge < -0.3 is 15.1 Å². The molecular weight excluding hydrogens is 299 g/mol. The largest absolute Gasteiger partial charge is 0.507 e. The molecular formula is C15H18F3NO3. The van der Waals surface area contributed by atoms with Crippen molar-refractivity contribution in [1.29, 1.82) is 0 Å². The van der Waals surface area contributed by atoms with Crippen molar-refractivity contribution in [1.82, 2.24) is 4.90 Å². The van der Waals surface area contributed by atoms with Crippen LogP contribution in [0.4, 0.5) is 13.2 Å². The zero-order valence-corrected chi connectivity index (χ0v) is 12.2. The highest BCUT2D eigenvalue weighted by atomic mass is 19.4. The van der Waals surface area contributed by atoms with Gasteiger partial charge in [-0.2, -0.15) is 13.2 Å². The van der Waals surface area contributed by atoms with Gasteiger partial charge in [0.2, 0.25) is 0 Å². The third kappa shape index (κ3) is 2.90. The van der Waals surface area contributed by atoms with Crippen molar-refractivity contribution < 1.29 is 28.2 Å². The fourth-order valence-corrected chi connectivity index (χ4v) is 2.58.